The highest BCUT2D eigenvalue weighted by Gasteiger charge is 2.29. The Morgan fingerprint density at radius 1 is 1.67 bits per heavy atom. The van der Waals surface area contributed by atoms with Crippen LogP contribution in [0.5, 0.6) is 0 Å². The minimum absolute atomic E-state index is 0.00901. The quantitative estimate of drug-likeness (QED) is 0.473. The van der Waals surface area contributed by atoms with Crippen molar-refractivity contribution < 1.29 is 14.5 Å². The topological polar surface area (TPSA) is 85.6 Å². The van der Waals surface area contributed by atoms with E-state index >= 15 is 0 Å². The van der Waals surface area contributed by atoms with Crippen LogP contribution in [0.25, 0.3) is 0 Å². The van der Waals surface area contributed by atoms with Gasteiger partial charge in [-0.2, -0.15) is 0 Å². The smallest absolute Gasteiger partial charge is 0.319 e. The number of amides is 1. The summed E-state index contributed by atoms with van der Waals surface area (Å²) in [5.41, 5.74) is -0.491. The van der Waals surface area contributed by atoms with Gasteiger partial charge in [0.1, 0.15) is 5.56 Å². The zero-order chi connectivity index (χ0) is 15.4. The zero-order valence-corrected chi connectivity index (χ0v) is 12.4. The average Bonchev–Trinajstić information content (AvgIpc) is 2.96. The van der Waals surface area contributed by atoms with Gasteiger partial charge in [-0.1, -0.05) is 11.6 Å². The van der Waals surface area contributed by atoms with Crippen molar-refractivity contribution in [1.29, 1.82) is 0 Å². The number of rotatable bonds is 5. The maximum atomic E-state index is 12.5. The molecule has 0 saturated carbocycles. The van der Waals surface area contributed by atoms with Crippen molar-refractivity contribution in [2.75, 3.05) is 19.7 Å². The Bertz CT molecular complexity index is 546. The van der Waals surface area contributed by atoms with E-state index in [-0.39, 0.29) is 16.8 Å². The fourth-order valence-corrected chi connectivity index (χ4v) is 2.56. The van der Waals surface area contributed by atoms with Gasteiger partial charge in [0.05, 0.1) is 11.0 Å². The van der Waals surface area contributed by atoms with Gasteiger partial charge in [0, 0.05) is 25.9 Å². The Morgan fingerprint density at radius 3 is 3.00 bits per heavy atom. The number of halogens is 1. The highest BCUT2D eigenvalue weighted by atomic mass is 35.5. The molecule has 1 amide bonds. The van der Waals surface area contributed by atoms with Crippen LogP contribution in [0.4, 0.5) is 5.69 Å². The van der Waals surface area contributed by atoms with Crippen LogP contribution in [0, 0.1) is 10.1 Å². The third kappa shape index (κ3) is 3.48. The van der Waals surface area contributed by atoms with E-state index in [2.05, 4.69) is 4.98 Å². The molecule has 1 fully saturated rings. The first-order valence-electron chi connectivity index (χ1n) is 6.74. The molecule has 1 saturated heterocycles. The molecule has 1 aromatic rings. The second-order valence-corrected chi connectivity index (χ2v) is 5.09. The molecular weight excluding hydrogens is 298 g/mol. The molecule has 0 spiro atoms. The largest absolute Gasteiger partial charge is 0.376 e. The molecule has 8 heteroatoms. The summed E-state index contributed by atoms with van der Waals surface area (Å²) < 4.78 is 5.51. The number of nitro groups is 1. The lowest BCUT2D eigenvalue weighted by atomic mass is 10.1. The summed E-state index contributed by atoms with van der Waals surface area (Å²) in [6.07, 6.45) is 3.15. The Hall–Kier alpha value is -1.73. The van der Waals surface area contributed by atoms with Crippen LogP contribution in [-0.2, 0) is 4.74 Å². The molecule has 2 heterocycles. The summed E-state index contributed by atoms with van der Waals surface area (Å²) in [4.78, 5) is 28.1. The van der Waals surface area contributed by atoms with Crippen LogP contribution in [0.1, 0.15) is 30.1 Å². The number of aromatic nitrogens is 1. The lowest BCUT2D eigenvalue weighted by Gasteiger charge is -2.23. The minimum atomic E-state index is -0.678. The van der Waals surface area contributed by atoms with Gasteiger partial charge in [-0.15, -0.1) is 0 Å². The number of carbonyl (C=O) groups excluding carboxylic acids is 1. The number of carbonyl (C=O) groups is 1. The van der Waals surface area contributed by atoms with E-state index < -0.39 is 16.5 Å². The van der Waals surface area contributed by atoms with E-state index in [1.807, 2.05) is 6.92 Å². The molecule has 114 valence electrons. The number of nitrogens with zero attached hydrogens (tertiary/aromatic N) is 3. The van der Waals surface area contributed by atoms with Crippen molar-refractivity contribution in [3.05, 3.63) is 33.1 Å². The van der Waals surface area contributed by atoms with Gasteiger partial charge in [0.25, 0.3) is 5.91 Å². The third-order valence-electron chi connectivity index (χ3n) is 3.41. The molecule has 21 heavy (non-hydrogen) atoms. The minimum Gasteiger partial charge on any atom is -0.376 e. The number of pyridine rings is 1. The second kappa shape index (κ2) is 6.82. The summed E-state index contributed by atoms with van der Waals surface area (Å²) in [5.74, 6) is -0.427. The lowest BCUT2D eigenvalue weighted by molar-refractivity contribution is -0.385. The van der Waals surface area contributed by atoms with Crippen molar-refractivity contribution in [2.45, 2.75) is 25.9 Å². The van der Waals surface area contributed by atoms with E-state index in [9.17, 15) is 14.9 Å². The SMILES string of the molecule is CCN(CC1CCCO1)C(=O)c1ccnc(Cl)c1[N+](=O)[O-]. The number of likely N-dealkylation sites (N-methyl/N-ethyl adjacent to an activating group) is 1. The summed E-state index contributed by atoms with van der Waals surface area (Å²) in [6, 6.07) is 1.32. The maximum absolute atomic E-state index is 12.5. The first kappa shape index (κ1) is 15.7. The molecule has 1 unspecified atom stereocenters. The monoisotopic (exact) mass is 313 g/mol. The Labute approximate surface area is 127 Å². The highest BCUT2D eigenvalue weighted by Crippen LogP contribution is 2.27. The van der Waals surface area contributed by atoms with Crippen LogP contribution < -0.4 is 0 Å². The standard InChI is InChI=1S/C13H16ClN3O4/c1-2-16(8-9-4-3-7-21-9)13(18)10-5-6-15-12(14)11(10)17(19)20/h5-6,9H,2-4,7-8H2,1H3. The van der Waals surface area contributed by atoms with Crippen LogP contribution >= 0.6 is 11.6 Å². The van der Waals surface area contributed by atoms with Crippen molar-refractivity contribution in [3.63, 3.8) is 0 Å². The lowest BCUT2D eigenvalue weighted by Crippen LogP contribution is -2.37. The summed E-state index contributed by atoms with van der Waals surface area (Å²) in [6.45, 7) is 3.38. The molecule has 0 N–H and O–H groups in total. The van der Waals surface area contributed by atoms with E-state index in [0.717, 1.165) is 12.8 Å². The van der Waals surface area contributed by atoms with E-state index in [1.165, 1.54) is 17.2 Å². The van der Waals surface area contributed by atoms with E-state index in [0.29, 0.717) is 19.7 Å². The van der Waals surface area contributed by atoms with E-state index in [1.54, 1.807) is 0 Å². The molecule has 1 aliphatic heterocycles. The maximum Gasteiger partial charge on any atom is 0.319 e. The van der Waals surface area contributed by atoms with Gasteiger partial charge in [-0.05, 0) is 25.8 Å². The number of ether oxygens (including phenoxy) is 1. The number of hydrogen-bond donors (Lipinski definition) is 0. The van der Waals surface area contributed by atoms with Crippen LogP contribution in [0.2, 0.25) is 5.15 Å². The Morgan fingerprint density at radius 2 is 2.43 bits per heavy atom. The van der Waals surface area contributed by atoms with Gasteiger partial charge >= 0.3 is 5.69 Å². The normalized spacial score (nSPS) is 17.7. The predicted octanol–water partition coefficient (Wildman–Crippen LogP) is 2.28. The van der Waals surface area contributed by atoms with E-state index in [4.69, 9.17) is 16.3 Å². The molecule has 0 radical (unpaired) electrons. The summed E-state index contributed by atoms with van der Waals surface area (Å²) >= 11 is 5.74. The molecule has 0 aromatic carbocycles. The first-order valence-corrected chi connectivity index (χ1v) is 7.12. The molecule has 2 rings (SSSR count). The van der Waals surface area contributed by atoms with Gasteiger partial charge < -0.3 is 9.64 Å². The fourth-order valence-electron chi connectivity index (χ4n) is 2.33. The molecule has 1 atom stereocenters. The zero-order valence-electron chi connectivity index (χ0n) is 11.6. The summed E-state index contributed by atoms with van der Waals surface area (Å²) in [5, 5.41) is 10.8. The molecule has 0 aliphatic carbocycles. The van der Waals surface area contributed by atoms with Crippen molar-refractivity contribution >= 4 is 23.2 Å². The van der Waals surface area contributed by atoms with Crippen LogP contribution in [0.3, 0.4) is 0 Å². The molecular formula is C13H16ClN3O4. The van der Waals surface area contributed by atoms with Gasteiger partial charge in [-0.25, -0.2) is 4.98 Å². The van der Waals surface area contributed by atoms with Crippen molar-refractivity contribution in [1.82, 2.24) is 9.88 Å². The highest BCUT2D eigenvalue weighted by molar-refractivity contribution is 6.32. The van der Waals surface area contributed by atoms with Crippen LogP contribution in [0.15, 0.2) is 12.3 Å². The second-order valence-electron chi connectivity index (χ2n) is 4.73. The van der Waals surface area contributed by atoms with Gasteiger partial charge in [-0.3, -0.25) is 14.9 Å². The Kier molecular flexibility index (Phi) is 5.08. The number of hydrogen-bond acceptors (Lipinski definition) is 5. The first-order chi connectivity index (χ1) is 10.0. The Balaban J connectivity index is 2.24. The van der Waals surface area contributed by atoms with Crippen LogP contribution in [-0.4, -0.2) is 46.5 Å². The van der Waals surface area contributed by atoms with Crippen molar-refractivity contribution in [2.24, 2.45) is 0 Å². The molecule has 7 nitrogen and oxygen atoms in total. The predicted molar refractivity (Wildman–Crippen MR) is 76.5 cm³/mol. The third-order valence-corrected chi connectivity index (χ3v) is 3.69. The molecule has 1 aromatic heterocycles. The molecule has 0 bridgehead atoms. The van der Waals surface area contributed by atoms with Gasteiger partial charge in [0.2, 0.25) is 5.15 Å². The average molecular weight is 314 g/mol. The molecule has 1 aliphatic rings. The fraction of sp³-hybridized carbons (Fsp3) is 0.538. The van der Waals surface area contributed by atoms with Crippen molar-refractivity contribution in [3.8, 4) is 0 Å². The van der Waals surface area contributed by atoms with Gasteiger partial charge in [0.15, 0.2) is 0 Å². The summed E-state index contributed by atoms with van der Waals surface area (Å²) in [7, 11) is 0.